The lowest BCUT2D eigenvalue weighted by atomic mass is 10.2. The summed E-state index contributed by atoms with van der Waals surface area (Å²) in [7, 11) is 1.89. The molecule has 0 saturated heterocycles. The van der Waals surface area contributed by atoms with E-state index in [4.69, 9.17) is 12.2 Å². The van der Waals surface area contributed by atoms with Crippen molar-refractivity contribution in [1.29, 1.82) is 0 Å². The minimum absolute atomic E-state index is 0.496. The highest BCUT2D eigenvalue weighted by Crippen LogP contribution is 2.14. The van der Waals surface area contributed by atoms with E-state index in [1.807, 2.05) is 49.8 Å². The Labute approximate surface area is 146 Å². The minimum Gasteiger partial charge on any atom is -0.330 e. The van der Waals surface area contributed by atoms with Crippen LogP contribution in [0.2, 0.25) is 0 Å². The fraction of sp³-hybridized carbons (Fsp3) is 0.235. The van der Waals surface area contributed by atoms with E-state index in [-0.39, 0.29) is 0 Å². The van der Waals surface area contributed by atoms with Crippen LogP contribution in [0.15, 0.2) is 42.6 Å². The number of anilines is 2. The Bertz CT molecular complexity index is 849. The van der Waals surface area contributed by atoms with Gasteiger partial charge in [0.15, 0.2) is 10.9 Å². The number of hydrogen-bond acceptors (Lipinski definition) is 3. The van der Waals surface area contributed by atoms with Gasteiger partial charge in [0.1, 0.15) is 0 Å². The van der Waals surface area contributed by atoms with Crippen LogP contribution in [0.4, 0.5) is 11.5 Å². The number of thiocarbonyl (C=S) groups is 1. The monoisotopic (exact) mass is 340 g/mol. The second kappa shape index (κ2) is 6.84. The number of benzene rings is 1. The summed E-state index contributed by atoms with van der Waals surface area (Å²) in [5, 5.41) is 15.5. The predicted molar refractivity (Wildman–Crippen MR) is 100 cm³/mol. The summed E-state index contributed by atoms with van der Waals surface area (Å²) in [6, 6.07) is 12.2. The molecule has 2 N–H and O–H groups in total. The molecule has 124 valence electrons. The molecule has 0 atom stereocenters. The van der Waals surface area contributed by atoms with Crippen molar-refractivity contribution in [3.05, 3.63) is 59.5 Å². The van der Waals surface area contributed by atoms with Crippen molar-refractivity contribution in [1.82, 2.24) is 19.6 Å². The third-order valence-corrected chi connectivity index (χ3v) is 4.09. The first-order chi connectivity index (χ1) is 11.5. The van der Waals surface area contributed by atoms with Gasteiger partial charge in [-0.05, 0) is 31.6 Å². The van der Waals surface area contributed by atoms with Gasteiger partial charge in [0.05, 0.1) is 24.1 Å². The van der Waals surface area contributed by atoms with Gasteiger partial charge in [-0.15, -0.1) is 0 Å². The molecule has 1 aromatic carbocycles. The standard InChI is InChI=1S/C17H20N6S/c1-12-9-16(21-23(12)11-14-7-5-4-6-8-14)20-17(24)19-15-10-18-22(3)13(15)2/h4-10H,11H2,1-3H3,(H2,19,20,21,24). The Hall–Kier alpha value is -2.67. The molecule has 0 unspecified atom stereocenters. The molecular weight excluding hydrogens is 320 g/mol. The van der Waals surface area contributed by atoms with Crippen LogP contribution in [-0.4, -0.2) is 24.7 Å². The van der Waals surface area contributed by atoms with Crippen LogP contribution >= 0.6 is 12.2 Å². The Morgan fingerprint density at radius 3 is 2.58 bits per heavy atom. The number of nitrogens with one attached hydrogen (secondary N) is 2. The molecule has 0 amide bonds. The zero-order valence-electron chi connectivity index (χ0n) is 13.9. The molecule has 0 aliphatic carbocycles. The van der Waals surface area contributed by atoms with E-state index >= 15 is 0 Å². The van der Waals surface area contributed by atoms with E-state index in [0.717, 1.165) is 29.4 Å². The molecule has 0 bridgehead atoms. The molecule has 24 heavy (non-hydrogen) atoms. The van der Waals surface area contributed by atoms with Crippen LogP contribution in [-0.2, 0) is 13.6 Å². The molecule has 0 aliphatic rings. The zero-order valence-corrected chi connectivity index (χ0v) is 14.8. The molecule has 2 aromatic heterocycles. The van der Waals surface area contributed by atoms with E-state index in [9.17, 15) is 0 Å². The molecule has 0 saturated carbocycles. The first-order valence-electron chi connectivity index (χ1n) is 7.68. The normalized spacial score (nSPS) is 10.6. The highest BCUT2D eigenvalue weighted by Gasteiger charge is 2.09. The lowest BCUT2D eigenvalue weighted by Crippen LogP contribution is -2.20. The van der Waals surface area contributed by atoms with Gasteiger partial charge in [0, 0.05) is 18.8 Å². The molecule has 0 radical (unpaired) electrons. The fourth-order valence-electron chi connectivity index (χ4n) is 2.38. The number of aryl methyl sites for hydroxylation is 2. The molecule has 2 heterocycles. The van der Waals surface area contributed by atoms with Crippen LogP contribution in [0.5, 0.6) is 0 Å². The van der Waals surface area contributed by atoms with Gasteiger partial charge >= 0.3 is 0 Å². The van der Waals surface area contributed by atoms with Crippen molar-refractivity contribution < 1.29 is 0 Å². The first-order valence-corrected chi connectivity index (χ1v) is 8.09. The van der Waals surface area contributed by atoms with E-state index in [1.54, 1.807) is 10.9 Å². The van der Waals surface area contributed by atoms with Gasteiger partial charge in [-0.3, -0.25) is 9.36 Å². The molecule has 0 spiro atoms. The Morgan fingerprint density at radius 2 is 1.92 bits per heavy atom. The summed E-state index contributed by atoms with van der Waals surface area (Å²) in [4.78, 5) is 0. The Balaban J connectivity index is 1.66. The van der Waals surface area contributed by atoms with Crippen LogP contribution in [0, 0.1) is 13.8 Å². The van der Waals surface area contributed by atoms with Crippen LogP contribution in [0.25, 0.3) is 0 Å². The molecule has 6 nitrogen and oxygen atoms in total. The molecule has 7 heteroatoms. The van der Waals surface area contributed by atoms with Crippen molar-refractivity contribution in [3.63, 3.8) is 0 Å². The number of aromatic nitrogens is 4. The number of nitrogens with zero attached hydrogens (tertiary/aromatic N) is 4. The molecule has 0 aliphatic heterocycles. The van der Waals surface area contributed by atoms with Crippen LogP contribution < -0.4 is 10.6 Å². The van der Waals surface area contributed by atoms with Gasteiger partial charge in [-0.1, -0.05) is 30.3 Å². The average molecular weight is 340 g/mol. The molecular formula is C17H20N6S. The van der Waals surface area contributed by atoms with Gasteiger partial charge in [-0.2, -0.15) is 10.2 Å². The topological polar surface area (TPSA) is 59.7 Å². The largest absolute Gasteiger partial charge is 0.330 e. The highest BCUT2D eigenvalue weighted by atomic mass is 32.1. The second-order valence-corrected chi connectivity index (χ2v) is 6.07. The smallest absolute Gasteiger partial charge is 0.176 e. The molecule has 0 fully saturated rings. The molecule has 3 aromatic rings. The van der Waals surface area contributed by atoms with Crippen molar-refractivity contribution in [2.75, 3.05) is 10.6 Å². The average Bonchev–Trinajstić information content (AvgIpc) is 3.05. The molecule has 3 rings (SSSR count). The Kier molecular flexibility index (Phi) is 4.61. The van der Waals surface area contributed by atoms with Crippen molar-refractivity contribution in [2.24, 2.45) is 7.05 Å². The fourth-order valence-corrected chi connectivity index (χ4v) is 2.59. The van der Waals surface area contributed by atoms with Crippen LogP contribution in [0.1, 0.15) is 17.0 Å². The maximum atomic E-state index is 5.36. The predicted octanol–water partition coefficient (Wildman–Crippen LogP) is 3.09. The second-order valence-electron chi connectivity index (χ2n) is 5.66. The lowest BCUT2D eigenvalue weighted by molar-refractivity contribution is 0.668. The van der Waals surface area contributed by atoms with E-state index < -0.39 is 0 Å². The lowest BCUT2D eigenvalue weighted by Gasteiger charge is -2.08. The van der Waals surface area contributed by atoms with E-state index in [0.29, 0.717) is 5.11 Å². The summed E-state index contributed by atoms with van der Waals surface area (Å²) in [5.74, 6) is 0.725. The first kappa shape index (κ1) is 16.2. The summed E-state index contributed by atoms with van der Waals surface area (Å²) < 4.78 is 3.75. The van der Waals surface area contributed by atoms with Crippen molar-refractivity contribution >= 4 is 28.8 Å². The highest BCUT2D eigenvalue weighted by molar-refractivity contribution is 7.80. The summed E-state index contributed by atoms with van der Waals surface area (Å²) in [6.45, 7) is 4.75. The van der Waals surface area contributed by atoms with E-state index in [2.05, 4.69) is 33.0 Å². The number of rotatable bonds is 4. The Morgan fingerprint density at radius 1 is 1.17 bits per heavy atom. The van der Waals surface area contributed by atoms with Gasteiger partial charge in [0.2, 0.25) is 0 Å². The SMILES string of the molecule is Cc1c(NC(=S)Nc2cc(C)n(Cc3ccccc3)n2)cnn1C. The van der Waals surface area contributed by atoms with Gasteiger partial charge in [0.25, 0.3) is 0 Å². The summed E-state index contributed by atoms with van der Waals surface area (Å²) in [6.07, 6.45) is 1.75. The third-order valence-electron chi connectivity index (χ3n) is 3.88. The van der Waals surface area contributed by atoms with Crippen molar-refractivity contribution in [2.45, 2.75) is 20.4 Å². The maximum absolute atomic E-state index is 5.36. The summed E-state index contributed by atoms with van der Waals surface area (Å²) >= 11 is 5.36. The zero-order chi connectivity index (χ0) is 17.1. The number of hydrogen-bond donors (Lipinski definition) is 2. The van der Waals surface area contributed by atoms with Crippen LogP contribution in [0.3, 0.4) is 0 Å². The minimum atomic E-state index is 0.496. The summed E-state index contributed by atoms with van der Waals surface area (Å²) in [5.41, 5.74) is 4.18. The van der Waals surface area contributed by atoms with Gasteiger partial charge < -0.3 is 10.6 Å². The van der Waals surface area contributed by atoms with E-state index in [1.165, 1.54) is 5.56 Å². The van der Waals surface area contributed by atoms with Crippen molar-refractivity contribution in [3.8, 4) is 0 Å². The third kappa shape index (κ3) is 3.62. The van der Waals surface area contributed by atoms with Gasteiger partial charge in [-0.25, -0.2) is 0 Å². The maximum Gasteiger partial charge on any atom is 0.176 e. The quantitative estimate of drug-likeness (QED) is 0.715.